The van der Waals surface area contributed by atoms with Crippen LogP contribution in [0.15, 0.2) is 40.6 Å². The first kappa shape index (κ1) is 15.9. The van der Waals surface area contributed by atoms with Crippen LogP contribution >= 0.6 is 11.3 Å². The van der Waals surface area contributed by atoms with Crippen LogP contribution in [0.4, 0.5) is 0 Å². The van der Waals surface area contributed by atoms with E-state index in [-0.39, 0.29) is 11.9 Å². The number of carbonyl (C=O) groups is 1. The van der Waals surface area contributed by atoms with E-state index in [1.165, 1.54) is 0 Å². The SMILES string of the molecule is O=C(Cc1cccs1)N1CCCC[C@H]1c1nc(-c2cnccn2)no1. The third-order valence-corrected chi connectivity index (χ3v) is 5.12. The van der Waals surface area contributed by atoms with Crippen LogP contribution in [-0.2, 0) is 11.2 Å². The Morgan fingerprint density at radius 2 is 2.32 bits per heavy atom. The summed E-state index contributed by atoms with van der Waals surface area (Å²) in [5, 5.41) is 5.99. The number of nitrogens with zero attached hydrogens (tertiary/aromatic N) is 5. The minimum atomic E-state index is -0.167. The minimum absolute atomic E-state index is 0.103. The van der Waals surface area contributed by atoms with Crippen molar-refractivity contribution in [1.29, 1.82) is 0 Å². The van der Waals surface area contributed by atoms with Crippen LogP contribution in [0.1, 0.15) is 36.1 Å². The van der Waals surface area contributed by atoms with Gasteiger partial charge >= 0.3 is 0 Å². The van der Waals surface area contributed by atoms with Gasteiger partial charge in [-0.2, -0.15) is 4.98 Å². The third-order valence-electron chi connectivity index (χ3n) is 4.25. The summed E-state index contributed by atoms with van der Waals surface area (Å²) in [6.45, 7) is 0.720. The molecule has 0 unspecified atom stereocenters. The van der Waals surface area contributed by atoms with Gasteiger partial charge in [-0.15, -0.1) is 11.3 Å². The van der Waals surface area contributed by atoms with E-state index >= 15 is 0 Å². The molecule has 0 radical (unpaired) electrons. The molecule has 0 aromatic carbocycles. The number of carbonyl (C=O) groups excluding carboxylic acids is 1. The fraction of sp³-hybridized carbons (Fsp3) is 0.353. The van der Waals surface area contributed by atoms with Crippen molar-refractivity contribution in [1.82, 2.24) is 25.0 Å². The summed E-state index contributed by atoms with van der Waals surface area (Å²) >= 11 is 1.60. The Labute approximate surface area is 148 Å². The molecule has 0 spiro atoms. The van der Waals surface area contributed by atoms with Gasteiger partial charge in [0.05, 0.1) is 12.6 Å². The Bertz CT molecular complexity index is 834. The fourth-order valence-corrected chi connectivity index (χ4v) is 3.74. The van der Waals surface area contributed by atoms with Gasteiger partial charge in [-0.3, -0.25) is 9.78 Å². The van der Waals surface area contributed by atoms with Crippen molar-refractivity contribution in [2.24, 2.45) is 0 Å². The Hall–Kier alpha value is -2.61. The molecule has 0 N–H and O–H groups in total. The first-order chi connectivity index (χ1) is 12.3. The van der Waals surface area contributed by atoms with Crippen molar-refractivity contribution in [2.45, 2.75) is 31.7 Å². The van der Waals surface area contributed by atoms with Crippen LogP contribution in [-0.4, -0.2) is 37.5 Å². The third kappa shape index (κ3) is 3.43. The van der Waals surface area contributed by atoms with Gasteiger partial charge in [0.1, 0.15) is 11.7 Å². The predicted molar refractivity (Wildman–Crippen MR) is 91.7 cm³/mol. The highest BCUT2D eigenvalue weighted by molar-refractivity contribution is 7.10. The molecule has 7 nitrogen and oxygen atoms in total. The van der Waals surface area contributed by atoms with Crippen molar-refractivity contribution < 1.29 is 9.32 Å². The van der Waals surface area contributed by atoms with Crippen LogP contribution in [0, 0.1) is 0 Å². The van der Waals surface area contributed by atoms with E-state index in [1.807, 2.05) is 22.4 Å². The normalized spacial score (nSPS) is 17.6. The summed E-state index contributed by atoms with van der Waals surface area (Å²) in [7, 11) is 0. The molecule has 25 heavy (non-hydrogen) atoms. The van der Waals surface area contributed by atoms with E-state index < -0.39 is 0 Å². The number of hydrogen-bond acceptors (Lipinski definition) is 7. The Balaban J connectivity index is 1.55. The number of hydrogen-bond donors (Lipinski definition) is 0. The lowest BCUT2D eigenvalue weighted by molar-refractivity contribution is -0.134. The molecular weight excluding hydrogens is 338 g/mol. The van der Waals surface area contributed by atoms with Crippen molar-refractivity contribution in [3.8, 4) is 11.5 Å². The molecule has 0 saturated carbocycles. The van der Waals surface area contributed by atoms with Gasteiger partial charge in [0.15, 0.2) is 0 Å². The van der Waals surface area contributed by atoms with Gasteiger partial charge in [0, 0.05) is 23.8 Å². The zero-order valence-electron chi connectivity index (χ0n) is 13.5. The highest BCUT2D eigenvalue weighted by Gasteiger charge is 2.32. The second-order valence-corrected chi connectivity index (χ2v) is 6.93. The first-order valence-electron chi connectivity index (χ1n) is 8.23. The van der Waals surface area contributed by atoms with Crippen molar-refractivity contribution in [2.75, 3.05) is 6.54 Å². The average molecular weight is 355 g/mol. The zero-order valence-corrected chi connectivity index (χ0v) is 14.4. The van der Waals surface area contributed by atoms with Crippen molar-refractivity contribution in [3.63, 3.8) is 0 Å². The lowest BCUT2D eigenvalue weighted by atomic mass is 10.0. The van der Waals surface area contributed by atoms with E-state index in [0.29, 0.717) is 23.8 Å². The summed E-state index contributed by atoms with van der Waals surface area (Å²) in [6, 6.07) is 3.78. The second kappa shape index (κ2) is 7.10. The minimum Gasteiger partial charge on any atom is -0.337 e. The maximum absolute atomic E-state index is 12.7. The molecule has 1 atom stereocenters. The standard InChI is InChI=1S/C17H17N5O2S/c23-15(10-12-4-3-9-25-12)22-8-2-1-5-14(22)17-20-16(21-24-17)13-11-18-6-7-19-13/h3-4,6-7,9,11,14H,1-2,5,8,10H2/t14-/m0/s1. The molecule has 4 rings (SSSR count). The number of thiophene rings is 1. The van der Waals surface area contributed by atoms with Gasteiger partial charge in [0.2, 0.25) is 17.6 Å². The maximum Gasteiger partial charge on any atom is 0.249 e. The molecule has 4 heterocycles. The Morgan fingerprint density at radius 1 is 1.36 bits per heavy atom. The molecule has 128 valence electrons. The number of piperidine rings is 1. The molecule has 1 aliphatic rings. The molecule has 3 aromatic rings. The van der Waals surface area contributed by atoms with Crippen LogP contribution in [0.5, 0.6) is 0 Å². The van der Waals surface area contributed by atoms with Gasteiger partial charge in [-0.1, -0.05) is 11.2 Å². The lowest BCUT2D eigenvalue weighted by Gasteiger charge is -2.33. The number of rotatable bonds is 4. The number of amides is 1. The first-order valence-corrected chi connectivity index (χ1v) is 9.11. The van der Waals surface area contributed by atoms with E-state index in [1.54, 1.807) is 29.9 Å². The fourth-order valence-electron chi connectivity index (χ4n) is 3.04. The summed E-state index contributed by atoms with van der Waals surface area (Å²) in [5.74, 6) is 0.977. The maximum atomic E-state index is 12.7. The molecule has 3 aromatic heterocycles. The summed E-state index contributed by atoms with van der Waals surface area (Å²) in [4.78, 5) is 28.4. The largest absolute Gasteiger partial charge is 0.337 e. The van der Waals surface area contributed by atoms with E-state index in [4.69, 9.17) is 4.52 Å². The zero-order chi connectivity index (χ0) is 17.1. The topological polar surface area (TPSA) is 85.0 Å². The molecular formula is C17H17N5O2S. The highest BCUT2D eigenvalue weighted by atomic mass is 32.1. The quantitative estimate of drug-likeness (QED) is 0.715. The van der Waals surface area contributed by atoms with Crippen molar-refractivity contribution >= 4 is 17.2 Å². The smallest absolute Gasteiger partial charge is 0.249 e. The molecule has 1 fully saturated rings. The monoisotopic (exact) mass is 355 g/mol. The predicted octanol–water partition coefficient (Wildman–Crippen LogP) is 2.88. The highest BCUT2D eigenvalue weighted by Crippen LogP contribution is 2.31. The van der Waals surface area contributed by atoms with Crippen molar-refractivity contribution in [3.05, 3.63) is 46.9 Å². The number of likely N-dealkylation sites (tertiary alicyclic amines) is 1. The van der Waals surface area contributed by atoms with E-state index in [9.17, 15) is 4.79 Å². The lowest BCUT2D eigenvalue weighted by Crippen LogP contribution is -2.39. The second-order valence-electron chi connectivity index (χ2n) is 5.90. The van der Waals surface area contributed by atoms with Gasteiger partial charge < -0.3 is 9.42 Å². The summed E-state index contributed by atoms with van der Waals surface area (Å²) in [6.07, 6.45) is 8.06. The number of aromatic nitrogens is 4. The van der Waals surface area contributed by atoms with Gasteiger partial charge in [0.25, 0.3) is 0 Å². The molecule has 1 amide bonds. The molecule has 8 heteroatoms. The molecule has 1 aliphatic heterocycles. The molecule has 0 bridgehead atoms. The Morgan fingerprint density at radius 3 is 3.12 bits per heavy atom. The van der Waals surface area contributed by atoms with Crippen LogP contribution < -0.4 is 0 Å². The summed E-state index contributed by atoms with van der Waals surface area (Å²) < 4.78 is 5.45. The Kier molecular flexibility index (Phi) is 4.51. The van der Waals surface area contributed by atoms with Gasteiger partial charge in [-0.25, -0.2) is 4.98 Å². The molecule has 0 aliphatic carbocycles. The van der Waals surface area contributed by atoms with E-state index in [2.05, 4.69) is 20.1 Å². The van der Waals surface area contributed by atoms with Crippen LogP contribution in [0.3, 0.4) is 0 Å². The average Bonchev–Trinajstić information content (AvgIpc) is 3.34. The summed E-state index contributed by atoms with van der Waals surface area (Å²) in [5.41, 5.74) is 0.560. The van der Waals surface area contributed by atoms with Crippen LogP contribution in [0.2, 0.25) is 0 Å². The van der Waals surface area contributed by atoms with Crippen LogP contribution in [0.25, 0.3) is 11.5 Å². The molecule has 1 saturated heterocycles. The van der Waals surface area contributed by atoms with E-state index in [0.717, 1.165) is 30.7 Å². The van der Waals surface area contributed by atoms with Gasteiger partial charge in [-0.05, 0) is 30.7 Å².